The molecule has 2 aromatic rings. The summed E-state index contributed by atoms with van der Waals surface area (Å²) >= 11 is 0. The second kappa shape index (κ2) is 7.94. The van der Waals surface area contributed by atoms with Gasteiger partial charge in [0.05, 0.1) is 17.6 Å². The van der Waals surface area contributed by atoms with Gasteiger partial charge in [-0.05, 0) is 31.9 Å². The number of amides is 2. The van der Waals surface area contributed by atoms with Crippen molar-refractivity contribution in [3.63, 3.8) is 0 Å². The number of rotatable bonds is 4. The quantitative estimate of drug-likeness (QED) is 0.813. The lowest BCUT2D eigenvalue weighted by atomic mass is 9.90. The van der Waals surface area contributed by atoms with E-state index >= 15 is 0 Å². The number of likely N-dealkylation sites (tertiary alicyclic amines) is 1. The zero-order valence-electron chi connectivity index (χ0n) is 17.7. The molecule has 1 aromatic carbocycles. The number of aromatic nitrogens is 2. The summed E-state index contributed by atoms with van der Waals surface area (Å²) in [5.74, 6) is 1.22. The fourth-order valence-electron chi connectivity index (χ4n) is 4.00. The molecule has 0 aliphatic carbocycles. The second-order valence-electron chi connectivity index (χ2n) is 8.77. The maximum absolute atomic E-state index is 13.0. The molecule has 6 nitrogen and oxygen atoms in total. The Labute approximate surface area is 167 Å². The van der Waals surface area contributed by atoms with E-state index in [0.29, 0.717) is 19.6 Å². The molecule has 1 fully saturated rings. The standard InChI is InChI=1S/C22H32N4O2/c1-6-26-18-10-8-7-9-17(18)23-19(26)15-24(5)20(27)16-11-13-25(14-12-16)21(28)22(2,3)4/h7-10,16H,6,11-15H2,1-5H3. The predicted molar refractivity (Wildman–Crippen MR) is 111 cm³/mol. The summed E-state index contributed by atoms with van der Waals surface area (Å²) in [6.07, 6.45) is 1.46. The van der Waals surface area contributed by atoms with Crippen molar-refractivity contribution in [2.75, 3.05) is 20.1 Å². The number of carbonyl (C=O) groups is 2. The van der Waals surface area contributed by atoms with Gasteiger partial charge in [0.15, 0.2) is 0 Å². The molecule has 3 rings (SSSR count). The Hall–Kier alpha value is -2.37. The summed E-state index contributed by atoms with van der Waals surface area (Å²) in [7, 11) is 1.86. The zero-order chi connectivity index (χ0) is 20.5. The third kappa shape index (κ3) is 4.05. The number of nitrogens with zero attached hydrogens (tertiary/aromatic N) is 4. The molecule has 1 aliphatic heterocycles. The van der Waals surface area contributed by atoms with Crippen LogP contribution in [0.4, 0.5) is 0 Å². The SMILES string of the molecule is CCn1c(CN(C)C(=O)C2CCN(C(=O)C(C)(C)C)CC2)nc2ccccc21. The lowest BCUT2D eigenvalue weighted by Crippen LogP contribution is -2.46. The molecular formula is C22H32N4O2. The maximum atomic E-state index is 13.0. The van der Waals surface area contributed by atoms with Crippen LogP contribution < -0.4 is 0 Å². The lowest BCUT2D eigenvalue weighted by Gasteiger charge is -2.36. The number of fused-ring (bicyclic) bond motifs is 1. The highest BCUT2D eigenvalue weighted by Gasteiger charge is 2.33. The van der Waals surface area contributed by atoms with Gasteiger partial charge >= 0.3 is 0 Å². The number of aryl methyl sites for hydroxylation is 1. The van der Waals surface area contributed by atoms with E-state index in [4.69, 9.17) is 4.98 Å². The second-order valence-corrected chi connectivity index (χ2v) is 8.77. The van der Waals surface area contributed by atoms with Gasteiger partial charge in [-0.15, -0.1) is 0 Å². The first-order valence-electron chi connectivity index (χ1n) is 10.2. The molecule has 2 amide bonds. The van der Waals surface area contributed by atoms with E-state index in [1.807, 2.05) is 50.9 Å². The minimum atomic E-state index is -0.368. The van der Waals surface area contributed by atoms with Crippen molar-refractivity contribution in [2.24, 2.45) is 11.3 Å². The maximum Gasteiger partial charge on any atom is 0.227 e. The molecular weight excluding hydrogens is 352 g/mol. The molecule has 1 aliphatic rings. The highest BCUT2D eigenvalue weighted by atomic mass is 16.2. The first kappa shape index (κ1) is 20.4. The number of carbonyl (C=O) groups excluding carboxylic acids is 2. The molecule has 152 valence electrons. The van der Waals surface area contributed by atoms with Crippen LogP contribution in [0.15, 0.2) is 24.3 Å². The fourth-order valence-corrected chi connectivity index (χ4v) is 4.00. The summed E-state index contributed by atoms with van der Waals surface area (Å²) in [6.45, 7) is 10.6. The van der Waals surface area contributed by atoms with Crippen LogP contribution in [0.3, 0.4) is 0 Å². The van der Waals surface area contributed by atoms with Crippen molar-refractivity contribution >= 4 is 22.8 Å². The predicted octanol–water partition coefficient (Wildman–Crippen LogP) is 3.30. The number of piperidine rings is 1. The van der Waals surface area contributed by atoms with Crippen molar-refractivity contribution < 1.29 is 9.59 Å². The molecule has 0 N–H and O–H groups in total. The summed E-state index contributed by atoms with van der Waals surface area (Å²) < 4.78 is 2.17. The van der Waals surface area contributed by atoms with Crippen molar-refractivity contribution in [3.8, 4) is 0 Å². The number of hydrogen-bond acceptors (Lipinski definition) is 3. The molecule has 0 saturated carbocycles. The van der Waals surface area contributed by atoms with Gasteiger partial charge in [-0.3, -0.25) is 9.59 Å². The minimum Gasteiger partial charge on any atom is -0.342 e. The van der Waals surface area contributed by atoms with Crippen LogP contribution >= 0.6 is 0 Å². The molecule has 0 bridgehead atoms. The summed E-state index contributed by atoms with van der Waals surface area (Å²) in [6, 6.07) is 8.08. The summed E-state index contributed by atoms with van der Waals surface area (Å²) in [5, 5.41) is 0. The Morgan fingerprint density at radius 3 is 2.43 bits per heavy atom. The average Bonchev–Trinajstić information content (AvgIpc) is 3.03. The third-order valence-electron chi connectivity index (χ3n) is 5.58. The van der Waals surface area contributed by atoms with E-state index in [0.717, 1.165) is 36.2 Å². The third-order valence-corrected chi connectivity index (χ3v) is 5.58. The number of hydrogen-bond donors (Lipinski definition) is 0. The highest BCUT2D eigenvalue weighted by molar-refractivity contribution is 5.83. The van der Waals surface area contributed by atoms with Crippen molar-refractivity contribution in [1.82, 2.24) is 19.4 Å². The van der Waals surface area contributed by atoms with E-state index in [-0.39, 0.29) is 23.1 Å². The number of benzene rings is 1. The molecule has 0 radical (unpaired) electrons. The molecule has 2 heterocycles. The van der Waals surface area contributed by atoms with Gasteiger partial charge < -0.3 is 14.4 Å². The Bertz CT molecular complexity index is 857. The van der Waals surface area contributed by atoms with Crippen molar-refractivity contribution in [3.05, 3.63) is 30.1 Å². The molecule has 0 spiro atoms. The first-order chi connectivity index (χ1) is 13.2. The average molecular weight is 385 g/mol. The van der Waals surface area contributed by atoms with Crippen LogP contribution in [0.5, 0.6) is 0 Å². The molecule has 28 heavy (non-hydrogen) atoms. The molecule has 1 aromatic heterocycles. The molecule has 0 atom stereocenters. The normalized spacial score (nSPS) is 15.8. The Kier molecular flexibility index (Phi) is 5.77. The van der Waals surface area contributed by atoms with Gasteiger partial charge in [-0.1, -0.05) is 32.9 Å². The van der Waals surface area contributed by atoms with Crippen molar-refractivity contribution in [1.29, 1.82) is 0 Å². The minimum absolute atomic E-state index is 0.0199. The molecule has 1 saturated heterocycles. The van der Waals surface area contributed by atoms with Crippen LogP contribution in [-0.2, 0) is 22.7 Å². The van der Waals surface area contributed by atoms with Crippen molar-refractivity contribution in [2.45, 2.75) is 53.6 Å². The zero-order valence-corrected chi connectivity index (χ0v) is 17.7. The van der Waals surface area contributed by atoms with E-state index in [9.17, 15) is 9.59 Å². The Balaban J connectivity index is 1.64. The largest absolute Gasteiger partial charge is 0.342 e. The van der Waals surface area contributed by atoms with Gasteiger partial charge in [0.25, 0.3) is 0 Å². The van der Waals surface area contributed by atoms with Gasteiger partial charge in [0.2, 0.25) is 11.8 Å². The highest BCUT2D eigenvalue weighted by Crippen LogP contribution is 2.25. The fraction of sp³-hybridized carbons (Fsp3) is 0.591. The monoisotopic (exact) mass is 384 g/mol. The Morgan fingerprint density at radius 1 is 1.18 bits per heavy atom. The summed E-state index contributed by atoms with van der Waals surface area (Å²) in [5.41, 5.74) is 1.71. The van der Waals surface area contributed by atoms with E-state index in [1.165, 1.54) is 0 Å². The van der Waals surface area contributed by atoms with Crippen LogP contribution in [0.1, 0.15) is 46.4 Å². The first-order valence-corrected chi connectivity index (χ1v) is 10.2. The van der Waals surface area contributed by atoms with Crippen LogP contribution in [0.25, 0.3) is 11.0 Å². The summed E-state index contributed by atoms with van der Waals surface area (Å²) in [4.78, 5) is 33.8. The lowest BCUT2D eigenvalue weighted by molar-refractivity contribution is -0.144. The van der Waals surface area contributed by atoms with Gasteiger partial charge in [0, 0.05) is 38.0 Å². The van der Waals surface area contributed by atoms with Crippen LogP contribution in [0, 0.1) is 11.3 Å². The van der Waals surface area contributed by atoms with Crippen LogP contribution in [0.2, 0.25) is 0 Å². The molecule has 0 unspecified atom stereocenters. The van der Waals surface area contributed by atoms with Gasteiger partial charge in [-0.2, -0.15) is 0 Å². The van der Waals surface area contributed by atoms with Crippen LogP contribution in [-0.4, -0.2) is 51.3 Å². The smallest absolute Gasteiger partial charge is 0.227 e. The van der Waals surface area contributed by atoms with E-state index in [1.54, 1.807) is 4.90 Å². The van der Waals surface area contributed by atoms with Gasteiger partial charge in [0.1, 0.15) is 5.82 Å². The molecule has 6 heteroatoms. The topological polar surface area (TPSA) is 58.4 Å². The van der Waals surface area contributed by atoms with E-state index < -0.39 is 0 Å². The number of para-hydroxylation sites is 2. The Morgan fingerprint density at radius 2 is 1.82 bits per heavy atom. The number of imidazole rings is 1. The van der Waals surface area contributed by atoms with E-state index in [2.05, 4.69) is 17.6 Å². The van der Waals surface area contributed by atoms with Gasteiger partial charge in [-0.25, -0.2) is 4.98 Å².